The van der Waals surface area contributed by atoms with Crippen LogP contribution in [-0.2, 0) is 0 Å². The first-order valence-corrected chi connectivity index (χ1v) is 4.65. The Kier molecular flexibility index (Phi) is 4.18. The van der Waals surface area contributed by atoms with Crippen molar-refractivity contribution in [3.8, 4) is 5.75 Å². The Morgan fingerprint density at radius 1 is 1.38 bits per heavy atom. The third kappa shape index (κ3) is 3.74. The van der Waals surface area contributed by atoms with E-state index in [0.29, 0.717) is 5.75 Å². The first-order chi connectivity index (χ1) is 6.22. The average Bonchev–Trinajstić information content (AvgIpc) is 2.16. The van der Waals surface area contributed by atoms with Crippen LogP contribution in [0.25, 0.3) is 0 Å². The van der Waals surface area contributed by atoms with Gasteiger partial charge in [0.15, 0.2) is 6.17 Å². The molecule has 0 aromatic heterocycles. The highest BCUT2D eigenvalue weighted by Gasteiger charge is 2.04. The van der Waals surface area contributed by atoms with Crippen molar-refractivity contribution < 1.29 is 14.2 Å². The lowest BCUT2D eigenvalue weighted by atomic mass is 10.3. The summed E-state index contributed by atoms with van der Waals surface area (Å²) in [5.41, 5.74) is 0. The van der Waals surface area contributed by atoms with E-state index in [0.717, 1.165) is 4.47 Å². The molecular formula is C9H10BrFO2. The molecule has 0 amide bonds. The summed E-state index contributed by atoms with van der Waals surface area (Å²) in [5, 5.41) is 8.39. The number of aliphatic hydroxyl groups is 1. The van der Waals surface area contributed by atoms with Crippen molar-refractivity contribution >= 4 is 15.9 Å². The molecule has 1 unspecified atom stereocenters. The van der Waals surface area contributed by atoms with Gasteiger partial charge in [0.2, 0.25) is 0 Å². The number of hydrogen-bond acceptors (Lipinski definition) is 2. The van der Waals surface area contributed by atoms with Crippen molar-refractivity contribution in [2.24, 2.45) is 0 Å². The lowest BCUT2D eigenvalue weighted by molar-refractivity contribution is 0.123. The van der Waals surface area contributed by atoms with E-state index >= 15 is 0 Å². The molecule has 1 N–H and O–H groups in total. The second kappa shape index (κ2) is 5.19. The van der Waals surface area contributed by atoms with Crippen LogP contribution in [0.1, 0.15) is 0 Å². The topological polar surface area (TPSA) is 29.5 Å². The lowest BCUT2D eigenvalue weighted by Gasteiger charge is -2.07. The van der Waals surface area contributed by atoms with Gasteiger partial charge in [-0.15, -0.1) is 0 Å². The summed E-state index contributed by atoms with van der Waals surface area (Å²) in [4.78, 5) is 0. The fourth-order valence-corrected chi connectivity index (χ4v) is 1.03. The van der Waals surface area contributed by atoms with E-state index < -0.39 is 12.8 Å². The molecule has 1 aromatic rings. The Morgan fingerprint density at radius 3 is 2.54 bits per heavy atom. The van der Waals surface area contributed by atoms with Crippen LogP contribution in [0.2, 0.25) is 0 Å². The Hall–Kier alpha value is -0.610. The van der Waals surface area contributed by atoms with Gasteiger partial charge in [0, 0.05) is 4.47 Å². The van der Waals surface area contributed by atoms with E-state index in [4.69, 9.17) is 9.84 Å². The van der Waals surface area contributed by atoms with Crippen molar-refractivity contribution in [1.82, 2.24) is 0 Å². The van der Waals surface area contributed by atoms with Gasteiger partial charge < -0.3 is 9.84 Å². The zero-order valence-electron chi connectivity index (χ0n) is 6.91. The highest BCUT2D eigenvalue weighted by molar-refractivity contribution is 9.10. The van der Waals surface area contributed by atoms with Gasteiger partial charge in [0.1, 0.15) is 12.4 Å². The molecule has 4 heteroatoms. The molecule has 13 heavy (non-hydrogen) atoms. The van der Waals surface area contributed by atoms with Crippen LogP contribution in [0.5, 0.6) is 5.75 Å². The summed E-state index contributed by atoms with van der Waals surface area (Å²) in [6, 6.07) is 7.07. The van der Waals surface area contributed by atoms with Gasteiger partial charge in [-0.1, -0.05) is 15.9 Å². The maximum absolute atomic E-state index is 12.5. The molecule has 0 spiro atoms. The van der Waals surface area contributed by atoms with Gasteiger partial charge in [0.05, 0.1) is 6.61 Å². The van der Waals surface area contributed by atoms with Crippen LogP contribution >= 0.6 is 15.9 Å². The molecule has 0 fully saturated rings. The molecule has 72 valence electrons. The average molecular weight is 249 g/mol. The third-order valence-electron chi connectivity index (χ3n) is 1.44. The highest BCUT2D eigenvalue weighted by atomic mass is 79.9. The Bertz CT molecular complexity index is 250. The minimum Gasteiger partial charge on any atom is -0.490 e. The first-order valence-electron chi connectivity index (χ1n) is 3.85. The van der Waals surface area contributed by atoms with Crippen molar-refractivity contribution in [2.75, 3.05) is 13.2 Å². The maximum Gasteiger partial charge on any atom is 0.157 e. The summed E-state index contributed by atoms with van der Waals surface area (Å²) >= 11 is 3.27. The zero-order valence-corrected chi connectivity index (χ0v) is 8.50. The number of benzene rings is 1. The molecule has 2 nitrogen and oxygen atoms in total. The molecule has 1 rings (SSSR count). The number of ether oxygens (including phenoxy) is 1. The van der Waals surface area contributed by atoms with E-state index in [-0.39, 0.29) is 6.61 Å². The van der Waals surface area contributed by atoms with E-state index in [2.05, 4.69) is 15.9 Å². The first kappa shape index (κ1) is 10.5. The largest absolute Gasteiger partial charge is 0.490 e. The van der Waals surface area contributed by atoms with Gasteiger partial charge >= 0.3 is 0 Å². The number of aliphatic hydroxyl groups excluding tert-OH is 1. The molecular weight excluding hydrogens is 239 g/mol. The van der Waals surface area contributed by atoms with Gasteiger partial charge in [-0.3, -0.25) is 0 Å². The van der Waals surface area contributed by atoms with Crippen LogP contribution in [0.15, 0.2) is 28.7 Å². The molecule has 0 aliphatic rings. The second-order valence-corrected chi connectivity index (χ2v) is 3.46. The molecule has 0 saturated carbocycles. The van der Waals surface area contributed by atoms with Crippen LogP contribution in [0, 0.1) is 0 Å². The second-order valence-electron chi connectivity index (χ2n) is 2.54. The van der Waals surface area contributed by atoms with Crippen molar-refractivity contribution in [1.29, 1.82) is 0 Å². The predicted octanol–water partition coefficient (Wildman–Crippen LogP) is 2.16. The molecule has 0 aliphatic carbocycles. The Balaban J connectivity index is 2.41. The van der Waals surface area contributed by atoms with Crippen molar-refractivity contribution in [3.05, 3.63) is 28.7 Å². The number of rotatable bonds is 4. The van der Waals surface area contributed by atoms with Gasteiger partial charge in [-0.05, 0) is 24.3 Å². The summed E-state index contributed by atoms with van der Waals surface area (Å²) < 4.78 is 18.5. The van der Waals surface area contributed by atoms with Crippen molar-refractivity contribution in [3.63, 3.8) is 0 Å². The maximum atomic E-state index is 12.5. The Labute approximate surface area is 84.5 Å². The van der Waals surface area contributed by atoms with Gasteiger partial charge in [0.25, 0.3) is 0 Å². The smallest absolute Gasteiger partial charge is 0.157 e. The zero-order chi connectivity index (χ0) is 9.68. The minimum absolute atomic E-state index is 0.113. The lowest BCUT2D eigenvalue weighted by Crippen LogP contribution is -2.16. The minimum atomic E-state index is -1.32. The van der Waals surface area contributed by atoms with E-state index in [1.165, 1.54) is 0 Å². The van der Waals surface area contributed by atoms with E-state index in [9.17, 15) is 4.39 Å². The monoisotopic (exact) mass is 248 g/mol. The predicted molar refractivity (Wildman–Crippen MR) is 51.6 cm³/mol. The molecule has 0 heterocycles. The van der Waals surface area contributed by atoms with Crippen LogP contribution in [0.4, 0.5) is 4.39 Å². The standard InChI is InChI=1S/C9H10BrFO2/c10-7-1-3-9(4-2-7)13-6-8(11)5-12/h1-4,8,12H,5-6H2. The number of hydrogen-bond donors (Lipinski definition) is 1. The fourth-order valence-electron chi connectivity index (χ4n) is 0.770. The molecule has 1 atom stereocenters. The van der Waals surface area contributed by atoms with Gasteiger partial charge in [-0.2, -0.15) is 0 Å². The molecule has 0 bridgehead atoms. The summed E-state index contributed by atoms with van der Waals surface area (Å²) in [6.07, 6.45) is -1.32. The highest BCUT2D eigenvalue weighted by Crippen LogP contribution is 2.16. The molecule has 1 aromatic carbocycles. The Morgan fingerprint density at radius 2 is 2.00 bits per heavy atom. The quantitative estimate of drug-likeness (QED) is 0.885. The normalized spacial score (nSPS) is 12.5. The molecule has 0 radical (unpaired) electrons. The number of alkyl halides is 1. The van der Waals surface area contributed by atoms with Gasteiger partial charge in [-0.25, -0.2) is 4.39 Å². The van der Waals surface area contributed by atoms with Crippen LogP contribution in [0.3, 0.4) is 0 Å². The summed E-state index contributed by atoms with van der Waals surface area (Å²) in [5.74, 6) is 0.597. The van der Waals surface area contributed by atoms with E-state index in [1.807, 2.05) is 12.1 Å². The molecule has 0 aliphatic heterocycles. The SMILES string of the molecule is OCC(F)COc1ccc(Br)cc1. The third-order valence-corrected chi connectivity index (χ3v) is 1.97. The van der Waals surface area contributed by atoms with Crippen molar-refractivity contribution in [2.45, 2.75) is 6.17 Å². The molecule has 0 saturated heterocycles. The summed E-state index contributed by atoms with van der Waals surface area (Å²) in [6.45, 7) is -0.616. The van der Waals surface area contributed by atoms with Crippen LogP contribution < -0.4 is 4.74 Å². The number of halogens is 2. The van der Waals surface area contributed by atoms with E-state index in [1.54, 1.807) is 12.1 Å². The fraction of sp³-hybridized carbons (Fsp3) is 0.333. The summed E-state index contributed by atoms with van der Waals surface area (Å²) in [7, 11) is 0. The van der Waals surface area contributed by atoms with Crippen LogP contribution in [-0.4, -0.2) is 24.5 Å².